The van der Waals surface area contributed by atoms with Gasteiger partial charge in [-0.15, -0.1) is 0 Å². The third kappa shape index (κ3) is 13.3. The number of carbonyl (C=O) groups is 5. The maximum absolute atomic E-state index is 12.8. The van der Waals surface area contributed by atoms with Gasteiger partial charge in [-0.3, -0.25) is 24.0 Å². The Hall–Kier alpha value is -3.26. The summed E-state index contributed by atoms with van der Waals surface area (Å²) in [7, 11) is 0. The van der Waals surface area contributed by atoms with E-state index in [1.165, 1.54) is 0 Å². The lowest BCUT2D eigenvalue weighted by Gasteiger charge is -2.34. The second-order valence-corrected chi connectivity index (χ2v) is 6.59. The van der Waals surface area contributed by atoms with Gasteiger partial charge in [-0.05, 0) is 5.53 Å². The number of aliphatic hydroxyl groups excluding tert-OH is 1. The van der Waals surface area contributed by atoms with E-state index in [1.807, 2.05) is 0 Å². The maximum atomic E-state index is 12.8. The van der Waals surface area contributed by atoms with Crippen LogP contribution in [0.4, 0.5) is 0 Å². The van der Waals surface area contributed by atoms with Gasteiger partial charge < -0.3 is 33.5 Å². The maximum Gasteiger partial charge on any atom is 0.303 e. The third-order valence-electron chi connectivity index (χ3n) is 3.72. The second-order valence-electron chi connectivity index (χ2n) is 6.59. The van der Waals surface area contributed by atoms with Crippen molar-refractivity contribution in [3.63, 3.8) is 0 Å². The number of carbonyl (C=O) groups excluding carboxylic acids is 5. The molecule has 0 aliphatic heterocycles. The third-order valence-corrected chi connectivity index (χ3v) is 3.72. The van der Waals surface area contributed by atoms with E-state index in [1.54, 1.807) is 0 Å². The Morgan fingerprint density at radius 1 is 0.794 bits per heavy atom. The first kappa shape index (κ1) is 30.7. The average molecular weight is 491 g/mol. The van der Waals surface area contributed by atoms with E-state index < -0.39 is 67.3 Å². The molecule has 0 fully saturated rings. The van der Waals surface area contributed by atoms with Crippen LogP contribution in [0.25, 0.3) is 10.4 Å². The lowest BCUT2D eigenvalue weighted by atomic mass is 9.99. The van der Waals surface area contributed by atoms with Crippen LogP contribution in [0, 0.1) is 0 Å². The van der Waals surface area contributed by atoms with Crippen molar-refractivity contribution in [3.05, 3.63) is 10.4 Å². The first-order valence-electron chi connectivity index (χ1n) is 10.0. The lowest BCUT2D eigenvalue weighted by Crippen LogP contribution is -2.55. The molecule has 0 amide bonds. The van der Waals surface area contributed by atoms with Gasteiger partial charge in [0.05, 0.1) is 26.4 Å². The fraction of sp³-hybridized carbons (Fsp3) is 0.737. The van der Waals surface area contributed by atoms with Crippen molar-refractivity contribution >= 4 is 29.7 Å². The summed E-state index contributed by atoms with van der Waals surface area (Å²) in [5.74, 6) is -4.55. The number of esters is 4. The number of ketones is 1. The standard InChI is InChI=1S/C19H29N3O12/c1-11(24)31-16(9-23)18(33-13(3)26)19(34-14(4)27)17(32-12(2)25)15(28)10-30-8-7-29-6-5-21-22-20/h16-19,23H,5-10H2,1-4H3. The van der Waals surface area contributed by atoms with Crippen molar-refractivity contribution in [1.29, 1.82) is 0 Å². The molecule has 0 saturated heterocycles. The molecule has 0 aliphatic carbocycles. The van der Waals surface area contributed by atoms with E-state index in [-0.39, 0.29) is 26.4 Å². The van der Waals surface area contributed by atoms with Gasteiger partial charge in [-0.2, -0.15) is 0 Å². The fourth-order valence-corrected chi connectivity index (χ4v) is 2.58. The van der Waals surface area contributed by atoms with Crippen LogP contribution in [0.3, 0.4) is 0 Å². The molecule has 0 spiro atoms. The van der Waals surface area contributed by atoms with E-state index >= 15 is 0 Å². The molecular formula is C19H29N3O12. The molecule has 0 saturated carbocycles. The Balaban J connectivity index is 5.65. The van der Waals surface area contributed by atoms with Gasteiger partial charge in [0.2, 0.25) is 11.9 Å². The van der Waals surface area contributed by atoms with Crippen molar-refractivity contribution in [2.24, 2.45) is 5.11 Å². The fourth-order valence-electron chi connectivity index (χ4n) is 2.58. The van der Waals surface area contributed by atoms with Crippen LogP contribution in [0.1, 0.15) is 27.7 Å². The number of Topliss-reactive ketones (excluding diaryl/α,β-unsaturated/α-hetero) is 1. The van der Waals surface area contributed by atoms with E-state index in [2.05, 4.69) is 10.0 Å². The van der Waals surface area contributed by atoms with Crippen LogP contribution >= 0.6 is 0 Å². The minimum Gasteiger partial charge on any atom is -0.456 e. The van der Waals surface area contributed by atoms with Crippen molar-refractivity contribution in [2.75, 3.05) is 39.6 Å². The lowest BCUT2D eigenvalue weighted by molar-refractivity contribution is -0.201. The van der Waals surface area contributed by atoms with E-state index in [0.717, 1.165) is 27.7 Å². The molecule has 0 aromatic carbocycles. The first-order valence-corrected chi connectivity index (χ1v) is 10.0. The number of nitrogens with zero attached hydrogens (tertiary/aromatic N) is 3. The van der Waals surface area contributed by atoms with Crippen molar-refractivity contribution in [3.8, 4) is 0 Å². The number of hydrogen-bond acceptors (Lipinski definition) is 13. The quantitative estimate of drug-likeness (QED) is 0.0689. The molecule has 0 bridgehead atoms. The monoisotopic (exact) mass is 491 g/mol. The summed E-state index contributed by atoms with van der Waals surface area (Å²) in [6.45, 7) is 2.71. The molecule has 192 valence electrons. The summed E-state index contributed by atoms with van der Waals surface area (Å²) in [5.41, 5.74) is 8.17. The number of hydrogen-bond donors (Lipinski definition) is 1. The first-order chi connectivity index (χ1) is 16.0. The second kappa shape index (κ2) is 17.2. The molecule has 1 N–H and O–H groups in total. The largest absolute Gasteiger partial charge is 0.456 e. The predicted octanol–water partition coefficient (Wildman–Crippen LogP) is -0.382. The molecule has 0 aromatic rings. The average Bonchev–Trinajstić information content (AvgIpc) is 2.74. The Labute approximate surface area is 195 Å². The molecule has 0 heterocycles. The summed E-state index contributed by atoms with van der Waals surface area (Å²) in [4.78, 5) is 61.8. The van der Waals surface area contributed by atoms with Crippen LogP contribution < -0.4 is 0 Å². The molecule has 0 rings (SSSR count). The van der Waals surface area contributed by atoms with Crippen LogP contribution in [0.2, 0.25) is 0 Å². The Bertz CT molecular complexity index is 753. The van der Waals surface area contributed by atoms with E-state index in [0.29, 0.717) is 0 Å². The smallest absolute Gasteiger partial charge is 0.303 e. The zero-order valence-corrected chi connectivity index (χ0v) is 19.3. The van der Waals surface area contributed by atoms with E-state index in [9.17, 15) is 29.1 Å². The predicted molar refractivity (Wildman–Crippen MR) is 110 cm³/mol. The molecule has 4 unspecified atom stereocenters. The molecule has 0 aromatic heterocycles. The highest BCUT2D eigenvalue weighted by Crippen LogP contribution is 2.20. The Morgan fingerprint density at radius 2 is 1.32 bits per heavy atom. The molecule has 34 heavy (non-hydrogen) atoms. The van der Waals surface area contributed by atoms with Crippen molar-refractivity contribution in [2.45, 2.75) is 52.1 Å². The summed E-state index contributed by atoms with van der Waals surface area (Å²) in [6, 6.07) is 0. The highest BCUT2D eigenvalue weighted by Gasteiger charge is 2.46. The minimum absolute atomic E-state index is 0.0505. The van der Waals surface area contributed by atoms with Crippen LogP contribution in [-0.4, -0.2) is 98.8 Å². The summed E-state index contributed by atoms with van der Waals surface area (Å²) in [6.07, 6.45) is -6.87. The Morgan fingerprint density at radius 3 is 1.82 bits per heavy atom. The number of ether oxygens (including phenoxy) is 6. The highest BCUT2D eigenvalue weighted by molar-refractivity contribution is 5.87. The molecule has 0 radical (unpaired) electrons. The molecule has 15 heteroatoms. The topological polar surface area (TPSA) is 210 Å². The van der Waals surface area contributed by atoms with Crippen LogP contribution in [0.15, 0.2) is 5.11 Å². The van der Waals surface area contributed by atoms with Gasteiger partial charge >= 0.3 is 23.9 Å². The van der Waals surface area contributed by atoms with Gasteiger partial charge in [0.1, 0.15) is 6.61 Å². The highest BCUT2D eigenvalue weighted by atomic mass is 16.6. The van der Waals surface area contributed by atoms with Gasteiger partial charge in [-0.1, -0.05) is 5.11 Å². The van der Waals surface area contributed by atoms with Gasteiger partial charge in [-0.25, -0.2) is 0 Å². The summed E-state index contributed by atoms with van der Waals surface area (Å²) < 4.78 is 30.4. The number of rotatable bonds is 17. The Kier molecular flexibility index (Phi) is 15.6. The van der Waals surface area contributed by atoms with Crippen LogP contribution in [0.5, 0.6) is 0 Å². The molecule has 15 nitrogen and oxygen atoms in total. The zero-order chi connectivity index (χ0) is 26.1. The summed E-state index contributed by atoms with van der Waals surface area (Å²) in [5, 5.41) is 12.9. The molecule has 0 aliphatic rings. The van der Waals surface area contributed by atoms with Crippen molar-refractivity contribution < 1.29 is 57.5 Å². The van der Waals surface area contributed by atoms with Crippen molar-refractivity contribution in [1.82, 2.24) is 0 Å². The molecule has 4 atom stereocenters. The normalized spacial score (nSPS) is 13.9. The zero-order valence-electron chi connectivity index (χ0n) is 19.3. The number of aliphatic hydroxyl groups is 1. The number of azide groups is 1. The summed E-state index contributed by atoms with van der Waals surface area (Å²) >= 11 is 0. The van der Waals surface area contributed by atoms with Gasteiger partial charge in [0.15, 0.2) is 18.3 Å². The molecular weight excluding hydrogens is 462 g/mol. The van der Waals surface area contributed by atoms with Crippen LogP contribution in [-0.2, 0) is 52.4 Å². The van der Waals surface area contributed by atoms with E-state index in [4.69, 9.17) is 34.0 Å². The minimum atomic E-state index is -1.83. The SMILES string of the molecule is CC(=O)OC(CO)C(OC(C)=O)C(OC(C)=O)C(OC(C)=O)C(=O)COCCOCCN=[N+]=[N-]. The van der Waals surface area contributed by atoms with Gasteiger partial charge in [0, 0.05) is 39.2 Å². The van der Waals surface area contributed by atoms with Gasteiger partial charge in [0.25, 0.3) is 0 Å².